The first kappa shape index (κ1) is 19.5. The molecule has 2 aromatic carbocycles. The van der Waals surface area contributed by atoms with Crippen LogP contribution < -0.4 is 9.47 Å². The molecule has 0 bridgehead atoms. The summed E-state index contributed by atoms with van der Waals surface area (Å²) in [6.07, 6.45) is 0. The van der Waals surface area contributed by atoms with E-state index >= 15 is 0 Å². The number of halogens is 1. The number of amides is 1. The zero-order chi connectivity index (χ0) is 19.3. The van der Waals surface area contributed by atoms with Gasteiger partial charge in [-0.1, -0.05) is 17.7 Å². The van der Waals surface area contributed by atoms with Crippen molar-refractivity contribution < 1.29 is 19.2 Å². The first-order valence-electron chi connectivity index (χ1n) is 7.76. The summed E-state index contributed by atoms with van der Waals surface area (Å²) >= 11 is 6.07. The summed E-state index contributed by atoms with van der Waals surface area (Å²) < 4.78 is 10.8. The molecule has 0 spiro atoms. The lowest BCUT2D eigenvalue weighted by Gasteiger charge is -2.19. The molecule has 0 radical (unpaired) electrons. The van der Waals surface area contributed by atoms with Crippen molar-refractivity contribution >= 4 is 23.2 Å². The van der Waals surface area contributed by atoms with E-state index in [0.29, 0.717) is 22.1 Å². The molecule has 0 N–H and O–H groups in total. The molecule has 2 rings (SSSR count). The van der Waals surface area contributed by atoms with Crippen molar-refractivity contribution in [3.05, 3.63) is 62.7 Å². The van der Waals surface area contributed by atoms with E-state index in [4.69, 9.17) is 21.1 Å². The first-order valence-corrected chi connectivity index (χ1v) is 8.14. The lowest BCUT2D eigenvalue weighted by atomic mass is 10.2. The third kappa shape index (κ3) is 4.86. The third-order valence-corrected chi connectivity index (χ3v) is 4.11. The lowest BCUT2D eigenvalue weighted by Crippen LogP contribution is -2.31. The normalized spacial score (nSPS) is 10.3. The van der Waals surface area contributed by atoms with E-state index in [-0.39, 0.29) is 24.7 Å². The van der Waals surface area contributed by atoms with Crippen LogP contribution in [0.1, 0.15) is 11.1 Å². The second kappa shape index (κ2) is 8.53. The molecule has 0 atom stereocenters. The van der Waals surface area contributed by atoms with E-state index in [1.165, 1.54) is 30.2 Å². The van der Waals surface area contributed by atoms with Crippen LogP contribution in [0.2, 0.25) is 5.02 Å². The fourth-order valence-corrected chi connectivity index (χ4v) is 2.46. The number of hydrogen-bond acceptors (Lipinski definition) is 5. The van der Waals surface area contributed by atoms with Gasteiger partial charge < -0.3 is 14.4 Å². The fraction of sp³-hybridized carbons (Fsp3) is 0.278. The molecular weight excluding hydrogens is 360 g/mol. The number of carbonyl (C=O) groups excluding carboxylic acids is 1. The second-order valence-corrected chi connectivity index (χ2v) is 6.13. The Balaban J connectivity index is 2.02. The fourth-order valence-electron chi connectivity index (χ4n) is 2.28. The molecule has 1 amide bonds. The number of nitrogens with zero attached hydrogens (tertiary/aromatic N) is 2. The largest absolute Gasteiger partial charge is 0.493 e. The van der Waals surface area contributed by atoms with Crippen LogP contribution in [-0.4, -0.2) is 36.5 Å². The number of hydrogen-bond donors (Lipinski definition) is 0. The average molecular weight is 379 g/mol. The Hall–Kier alpha value is -2.80. The molecular formula is C18H19ClN2O5. The number of rotatable bonds is 7. The van der Waals surface area contributed by atoms with E-state index in [1.54, 1.807) is 13.1 Å². The molecule has 0 saturated heterocycles. The summed E-state index contributed by atoms with van der Waals surface area (Å²) in [6.45, 7) is 1.87. The molecule has 0 unspecified atom stereocenters. The summed E-state index contributed by atoms with van der Waals surface area (Å²) in [6, 6.07) is 9.53. The minimum atomic E-state index is -0.506. The van der Waals surface area contributed by atoms with E-state index in [9.17, 15) is 14.9 Å². The van der Waals surface area contributed by atoms with Crippen LogP contribution in [0.5, 0.6) is 11.5 Å². The lowest BCUT2D eigenvalue weighted by molar-refractivity contribution is -0.384. The van der Waals surface area contributed by atoms with Gasteiger partial charge in [-0.05, 0) is 36.2 Å². The zero-order valence-electron chi connectivity index (χ0n) is 14.7. The molecule has 0 aliphatic carbocycles. The molecule has 0 heterocycles. The smallest absolute Gasteiger partial charge is 0.269 e. The van der Waals surface area contributed by atoms with Crippen molar-refractivity contribution in [1.29, 1.82) is 0 Å². The van der Waals surface area contributed by atoms with Gasteiger partial charge in [-0.25, -0.2) is 0 Å². The van der Waals surface area contributed by atoms with Gasteiger partial charge in [-0.3, -0.25) is 14.9 Å². The summed E-state index contributed by atoms with van der Waals surface area (Å²) in [7, 11) is 3.10. The minimum Gasteiger partial charge on any atom is -0.493 e. The van der Waals surface area contributed by atoms with E-state index < -0.39 is 4.92 Å². The number of carbonyl (C=O) groups is 1. The van der Waals surface area contributed by atoms with Gasteiger partial charge in [0.25, 0.3) is 11.6 Å². The molecule has 0 aliphatic rings. The maximum absolute atomic E-state index is 12.3. The average Bonchev–Trinajstić information content (AvgIpc) is 2.61. The molecule has 138 valence electrons. The van der Waals surface area contributed by atoms with Crippen molar-refractivity contribution in [3.8, 4) is 11.5 Å². The Morgan fingerprint density at radius 3 is 2.62 bits per heavy atom. The third-order valence-electron chi connectivity index (χ3n) is 3.74. The number of aryl methyl sites for hydroxylation is 1. The summed E-state index contributed by atoms with van der Waals surface area (Å²) in [5.41, 5.74) is 1.42. The monoisotopic (exact) mass is 378 g/mol. The SMILES string of the molecule is COc1cc(C)ccc1OCC(=O)N(C)Cc1cc([N+](=O)[O-])ccc1Cl. The summed E-state index contributed by atoms with van der Waals surface area (Å²) in [4.78, 5) is 24.1. The molecule has 0 fully saturated rings. The van der Waals surface area contributed by atoms with Crippen LogP contribution in [0, 0.1) is 17.0 Å². The van der Waals surface area contributed by atoms with Gasteiger partial charge in [-0.2, -0.15) is 0 Å². The second-order valence-electron chi connectivity index (χ2n) is 5.73. The van der Waals surface area contributed by atoms with Crippen LogP contribution in [0.3, 0.4) is 0 Å². The van der Waals surface area contributed by atoms with E-state index in [1.807, 2.05) is 19.1 Å². The van der Waals surface area contributed by atoms with Crippen molar-refractivity contribution in [2.24, 2.45) is 0 Å². The number of non-ortho nitro benzene ring substituents is 1. The van der Waals surface area contributed by atoms with Crippen LogP contribution in [0.25, 0.3) is 0 Å². The molecule has 0 aliphatic heterocycles. The Bertz CT molecular complexity index is 825. The van der Waals surface area contributed by atoms with Gasteiger partial charge in [0.1, 0.15) is 0 Å². The Labute approximate surface area is 156 Å². The van der Waals surface area contributed by atoms with Crippen molar-refractivity contribution in [2.45, 2.75) is 13.5 Å². The number of nitro groups is 1. The topological polar surface area (TPSA) is 81.9 Å². The van der Waals surface area contributed by atoms with Crippen molar-refractivity contribution in [2.75, 3.05) is 20.8 Å². The standard InChI is InChI=1S/C18H19ClN2O5/c1-12-4-7-16(17(8-12)25-3)26-11-18(22)20(2)10-13-9-14(21(23)24)5-6-15(13)19/h4-9H,10-11H2,1-3H3. The summed E-state index contributed by atoms with van der Waals surface area (Å²) in [5.74, 6) is 0.714. The van der Waals surface area contributed by atoms with E-state index in [0.717, 1.165) is 5.56 Å². The van der Waals surface area contributed by atoms with Crippen molar-refractivity contribution in [1.82, 2.24) is 4.90 Å². The van der Waals surface area contributed by atoms with Crippen LogP contribution in [0.15, 0.2) is 36.4 Å². The van der Waals surface area contributed by atoms with Gasteiger partial charge in [0.05, 0.1) is 12.0 Å². The Morgan fingerprint density at radius 1 is 1.23 bits per heavy atom. The van der Waals surface area contributed by atoms with Crippen LogP contribution in [0.4, 0.5) is 5.69 Å². The maximum Gasteiger partial charge on any atom is 0.269 e. The highest BCUT2D eigenvalue weighted by Gasteiger charge is 2.16. The van der Waals surface area contributed by atoms with Gasteiger partial charge in [0.15, 0.2) is 18.1 Å². The molecule has 8 heteroatoms. The zero-order valence-corrected chi connectivity index (χ0v) is 15.4. The predicted octanol–water partition coefficient (Wildman–Crippen LogP) is 3.60. The molecule has 2 aromatic rings. The highest BCUT2D eigenvalue weighted by atomic mass is 35.5. The predicted molar refractivity (Wildman–Crippen MR) is 97.8 cm³/mol. The highest BCUT2D eigenvalue weighted by Crippen LogP contribution is 2.28. The van der Waals surface area contributed by atoms with Crippen LogP contribution in [-0.2, 0) is 11.3 Å². The first-order chi connectivity index (χ1) is 12.3. The molecule has 26 heavy (non-hydrogen) atoms. The minimum absolute atomic E-state index is 0.0779. The highest BCUT2D eigenvalue weighted by molar-refractivity contribution is 6.31. The van der Waals surface area contributed by atoms with Crippen molar-refractivity contribution in [3.63, 3.8) is 0 Å². The number of benzene rings is 2. The van der Waals surface area contributed by atoms with Gasteiger partial charge in [0.2, 0.25) is 0 Å². The number of nitro benzene ring substituents is 1. The Morgan fingerprint density at radius 2 is 1.96 bits per heavy atom. The number of likely N-dealkylation sites (N-methyl/N-ethyl adjacent to an activating group) is 1. The molecule has 0 aromatic heterocycles. The van der Waals surface area contributed by atoms with Crippen LogP contribution >= 0.6 is 11.6 Å². The quantitative estimate of drug-likeness (QED) is 0.543. The molecule has 0 saturated carbocycles. The van der Waals surface area contributed by atoms with Gasteiger partial charge in [-0.15, -0.1) is 0 Å². The maximum atomic E-state index is 12.3. The number of methoxy groups -OCH3 is 1. The number of ether oxygens (including phenoxy) is 2. The summed E-state index contributed by atoms with van der Waals surface area (Å²) in [5, 5.41) is 11.2. The van der Waals surface area contributed by atoms with Gasteiger partial charge in [0, 0.05) is 30.7 Å². The molecule has 7 nitrogen and oxygen atoms in total. The van der Waals surface area contributed by atoms with E-state index in [2.05, 4.69) is 0 Å². The van der Waals surface area contributed by atoms with Gasteiger partial charge >= 0.3 is 0 Å². The Kier molecular flexibility index (Phi) is 6.41.